The quantitative estimate of drug-likeness (QED) is 0.923. The SMILES string of the molecule is CCCC(=O)Nc1ccc2c(c1)CCCN2C(=O)C(C)C. The fourth-order valence-corrected chi connectivity index (χ4v) is 2.67. The highest BCUT2D eigenvalue weighted by Gasteiger charge is 2.24. The van der Waals surface area contributed by atoms with Crippen molar-refractivity contribution in [2.24, 2.45) is 5.92 Å². The van der Waals surface area contributed by atoms with Gasteiger partial charge < -0.3 is 10.2 Å². The number of aryl methyl sites for hydroxylation is 1. The molecule has 1 aromatic carbocycles. The molecule has 0 aliphatic carbocycles. The predicted octanol–water partition coefficient (Wildman–Crippen LogP) is 3.36. The van der Waals surface area contributed by atoms with E-state index < -0.39 is 0 Å². The molecule has 1 aliphatic heterocycles. The molecule has 0 unspecified atom stereocenters. The van der Waals surface area contributed by atoms with Gasteiger partial charge in [-0.05, 0) is 43.0 Å². The van der Waals surface area contributed by atoms with Crippen molar-refractivity contribution in [1.82, 2.24) is 0 Å². The van der Waals surface area contributed by atoms with Gasteiger partial charge >= 0.3 is 0 Å². The van der Waals surface area contributed by atoms with E-state index in [4.69, 9.17) is 0 Å². The van der Waals surface area contributed by atoms with Gasteiger partial charge in [-0.25, -0.2) is 0 Å². The van der Waals surface area contributed by atoms with Crippen molar-refractivity contribution in [3.05, 3.63) is 23.8 Å². The van der Waals surface area contributed by atoms with E-state index in [9.17, 15) is 9.59 Å². The Labute approximate surface area is 126 Å². The summed E-state index contributed by atoms with van der Waals surface area (Å²) >= 11 is 0. The molecule has 4 heteroatoms. The normalized spacial score (nSPS) is 14.0. The summed E-state index contributed by atoms with van der Waals surface area (Å²) in [4.78, 5) is 25.8. The zero-order valence-corrected chi connectivity index (χ0v) is 13.1. The van der Waals surface area contributed by atoms with Crippen LogP contribution in [-0.2, 0) is 16.0 Å². The summed E-state index contributed by atoms with van der Waals surface area (Å²) in [6.07, 6.45) is 3.30. The number of nitrogens with zero attached hydrogens (tertiary/aromatic N) is 1. The maximum atomic E-state index is 12.3. The van der Waals surface area contributed by atoms with Crippen LogP contribution in [0.3, 0.4) is 0 Å². The van der Waals surface area contributed by atoms with Gasteiger partial charge in [-0.2, -0.15) is 0 Å². The van der Waals surface area contributed by atoms with Gasteiger partial charge in [0, 0.05) is 30.3 Å². The van der Waals surface area contributed by atoms with Gasteiger partial charge in [0.15, 0.2) is 0 Å². The minimum Gasteiger partial charge on any atom is -0.326 e. The molecule has 1 heterocycles. The van der Waals surface area contributed by atoms with Crippen LogP contribution < -0.4 is 10.2 Å². The summed E-state index contributed by atoms with van der Waals surface area (Å²) in [7, 11) is 0. The van der Waals surface area contributed by atoms with E-state index >= 15 is 0 Å². The Balaban J connectivity index is 2.20. The number of benzene rings is 1. The molecule has 0 bridgehead atoms. The highest BCUT2D eigenvalue weighted by Crippen LogP contribution is 2.30. The third-order valence-corrected chi connectivity index (χ3v) is 3.72. The number of rotatable bonds is 4. The average Bonchev–Trinajstić information content (AvgIpc) is 2.45. The van der Waals surface area contributed by atoms with Crippen LogP contribution in [-0.4, -0.2) is 18.4 Å². The van der Waals surface area contributed by atoms with Crippen LogP contribution in [0.1, 0.15) is 45.6 Å². The van der Waals surface area contributed by atoms with Crippen LogP contribution in [0.4, 0.5) is 11.4 Å². The molecule has 2 rings (SSSR count). The van der Waals surface area contributed by atoms with E-state index in [2.05, 4.69) is 5.32 Å². The average molecular weight is 288 g/mol. The minimum absolute atomic E-state index is 0.000108. The van der Waals surface area contributed by atoms with Gasteiger partial charge in [-0.15, -0.1) is 0 Å². The van der Waals surface area contributed by atoms with E-state index in [0.717, 1.165) is 42.7 Å². The molecule has 1 aromatic rings. The molecule has 21 heavy (non-hydrogen) atoms. The molecule has 0 radical (unpaired) electrons. The van der Waals surface area contributed by atoms with E-state index in [-0.39, 0.29) is 17.7 Å². The first-order valence-corrected chi connectivity index (χ1v) is 7.77. The van der Waals surface area contributed by atoms with Crippen LogP contribution in [0, 0.1) is 5.92 Å². The lowest BCUT2D eigenvalue weighted by Gasteiger charge is -2.31. The molecular weight excluding hydrogens is 264 g/mol. The molecule has 0 aromatic heterocycles. The molecule has 0 atom stereocenters. The molecule has 114 valence electrons. The fraction of sp³-hybridized carbons (Fsp3) is 0.529. The topological polar surface area (TPSA) is 49.4 Å². The van der Waals surface area contributed by atoms with Crippen molar-refractivity contribution < 1.29 is 9.59 Å². The first-order chi connectivity index (χ1) is 10.0. The Bertz CT molecular complexity index is 538. The number of carbonyl (C=O) groups excluding carboxylic acids is 2. The predicted molar refractivity (Wildman–Crippen MR) is 85.5 cm³/mol. The van der Waals surface area contributed by atoms with Crippen LogP contribution in [0.2, 0.25) is 0 Å². The van der Waals surface area contributed by atoms with E-state index in [0.29, 0.717) is 6.42 Å². The van der Waals surface area contributed by atoms with Gasteiger partial charge in [0.05, 0.1) is 0 Å². The van der Waals surface area contributed by atoms with Gasteiger partial charge in [-0.3, -0.25) is 9.59 Å². The monoisotopic (exact) mass is 288 g/mol. The molecule has 0 saturated heterocycles. The lowest BCUT2D eigenvalue weighted by atomic mass is 9.99. The lowest BCUT2D eigenvalue weighted by molar-refractivity contribution is -0.121. The standard InChI is InChI=1S/C17H24N2O2/c1-4-6-16(20)18-14-8-9-15-13(11-14)7-5-10-19(15)17(21)12(2)3/h8-9,11-12H,4-7,10H2,1-3H3,(H,18,20). The van der Waals surface area contributed by atoms with Crippen molar-refractivity contribution >= 4 is 23.2 Å². The zero-order chi connectivity index (χ0) is 15.4. The molecule has 2 amide bonds. The number of carbonyl (C=O) groups is 2. The highest BCUT2D eigenvalue weighted by atomic mass is 16.2. The van der Waals surface area contributed by atoms with Crippen molar-refractivity contribution in [3.63, 3.8) is 0 Å². The fourth-order valence-electron chi connectivity index (χ4n) is 2.67. The number of hydrogen-bond acceptors (Lipinski definition) is 2. The number of nitrogens with one attached hydrogen (secondary N) is 1. The minimum atomic E-state index is -0.000108. The summed E-state index contributed by atoms with van der Waals surface area (Å²) in [5.74, 6) is 0.210. The zero-order valence-electron chi connectivity index (χ0n) is 13.1. The van der Waals surface area contributed by atoms with Crippen molar-refractivity contribution in [2.45, 2.75) is 46.5 Å². The third-order valence-electron chi connectivity index (χ3n) is 3.72. The van der Waals surface area contributed by atoms with Crippen LogP contribution in [0.15, 0.2) is 18.2 Å². The smallest absolute Gasteiger partial charge is 0.229 e. The maximum Gasteiger partial charge on any atom is 0.229 e. The van der Waals surface area contributed by atoms with Crippen LogP contribution in [0.25, 0.3) is 0 Å². The second-order valence-electron chi connectivity index (χ2n) is 5.89. The van der Waals surface area contributed by atoms with Crippen molar-refractivity contribution in [2.75, 3.05) is 16.8 Å². The Morgan fingerprint density at radius 2 is 2.10 bits per heavy atom. The molecule has 0 fully saturated rings. The van der Waals surface area contributed by atoms with Crippen molar-refractivity contribution in [1.29, 1.82) is 0 Å². The summed E-state index contributed by atoms with van der Waals surface area (Å²) < 4.78 is 0. The largest absolute Gasteiger partial charge is 0.326 e. The number of amides is 2. The Kier molecular flexibility index (Phi) is 4.99. The molecule has 1 N–H and O–H groups in total. The molecular formula is C17H24N2O2. The summed E-state index contributed by atoms with van der Waals surface area (Å²) in [6.45, 7) is 6.62. The van der Waals surface area contributed by atoms with Crippen molar-refractivity contribution in [3.8, 4) is 0 Å². The van der Waals surface area contributed by atoms with E-state index in [1.165, 1.54) is 0 Å². The van der Waals surface area contributed by atoms with Crippen LogP contribution >= 0.6 is 0 Å². The Hall–Kier alpha value is -1.84. The first-order valence-electron chi connectivity index (χ1n) is 7.77. The molecule has 0 spiro atoms. The van der Waals surface area contributed by atoms with Gasteiger partial charge in [0.2, 0.25) is 11.8 Å². The molecule has 0 saturated carbocycles. The number of fused-ring (bicyclic) bond motifs is 1. The summed E-state index contributed by atoms with van der Waals surface area (Å²) in [5, 5.41) is 2.92. The second-order valence-corrected chi connectivity index (χ2v) is 5.89. The van der Waals surface area contributed by atoms with Gasteiger partial charge in [0.1, 0.15) is 0 Å². The summed E-state index contributed by atoms with van der Waals surface area (Å²) in [6, 6.07) is 5.84. The third kappa shape index (κ3) is 3.63. The van der Waals surface area contributed by atoms with Gasteiger partial charge in [-0.1, -0.05) is 20.8 Å². The van der Waals surface area contributed by atoms with E-state index in [1.54, 1.807) is 0 Å². The Morgan fingerprint density at radius 1 is 1.33 bits per heavy atom. The first kappa shape index (κ1) is 15.5. The van der Waals surface area contributed by atoms with Gasteiger partial charge in [0.25, 0.3) is 0 Å². The maximum absolute atomic E-state index is 12.3. The molecule has 1 aliphatic rings. The summed E-state index contributed by atoms with van der Waals surface area (Å²) in [5.41, 5.74) is 2.96. The second kappa shape index (κ2) is 6.74. The van der Waals surface area contributed by atoms with E-state index in [1.807, 2.05) is 43.9 Å². The Morgan fingerprint density at radius 3 is 2.76 bits per heavy atom. The number of anilines is 2. The number of hydrogen-bond donors (Lipinski definition) is 1. The lowest BCUT2D eigenvalue weighted by Crippen LogP contribution is -2.38. The molecule has 4 nitrogen and oxygen atoms in total. The highest BCUT2D eigenvalue weighted by molar-refractivity contribution is 5.96. The van der Waals surface area contributed by atoms with Crippen LogP contribution in [0.5, 0.6) is 0 Å².